The normalized spacial score (nSPS) is 13.1. The van der Waals surface area contributed by atoms with Crippen LogP contribution in [-0.2, 0) is 34.2 Å². The molecule has 0 saturated carbocycles. The van der Waals surface area contributed by atoms with Crippen LogP contribution in [-0.4, -0.2) is 22.1 Å². The van der Waals surface area contributed by atoms with Crippen LogP contribution in [0.3, 0.4) is 0 Å². The molecule has 0 amide bonds. The standard InChI is InChI=1S/C30H32N4.Pt/c1-21(2)33-19-23-11-9-16-28(31-23)26-14-6-8-18-30(26)34(22(3)4)20-24-12-10-15-27(32-24)25-13-5-7-17-29(25)33;/h5-18,21-22H,19-20H2,1-4H3;/q;+2. The molecule has 0 atom stereocenters. The van der Waals surface area contributed by atoms with Crippen LogP contribution in [0.5, 0.6) is 0 Å². The van der Waals surface area contributed by atoms with E-state index in [1.807, 2.05) is 0 Å². The number of hydrogen-bond donors (Lipinski definition) is 0. The third-order valence-electron chi connectivity index (χ3n) is 6.50. The van der Waals surface area contributed by atoms with Crippen molar-refractivity contribution in [2.45, 2.75) is 52.9 Å². The van der Waals surface area contributed by atoms with E-state index in [-0.39, 0.29) is 21.1 Å². The molecule has 0 aliphatic carbocycles. The minimum Gasteiger partial charge on any atom is -0.363 e. The number of para-hydroxylation sites is 2. The van der Waals surface area contributed by atoms with Crippen molar-refractivity contribution in [1.29, 1.82) is 0 Å². The van der Waals surface area contributed by atoms with Crippen LogP contribution in [0.2, 0.25) is 0 Å². The van der Waals surface area contributed by atoms with Gasteiger partial charge in [0.2, 0.25) is 0 Å². The van der Waals surface area contributed by atoms with Gasteiger partial charge in [-0.3, -0.25) is 9.97 Å². The molecule has 4 bridgehead atoms. The van der Waals surface area contributed by atoms with Crippen LogP contribution in [0.25, 0.3) is 22.5 Å². The van der Waals surface area contributed by atoms with Gasteiger partial charge in [-0.15, -0.1) is 0 Å². The molecular formula is C30H32N4Pt+2. The van der Waals surface area contributed by atoms with Crippen molar-refractivity contribution < 1.29 is 21.1 Å². The fourth-order valence-corrected chi connectivity index (χ4v) is 4.76. The van der Waals surface area contributed by atoms with Crippen LogP contribution < -0.4 is 9.80 Å². The molecule has 5 heteroatoms. The summed E-state index contributed by atoms with van der Waals surface area (Å²) >= 11 is 0. The van der Waals surface area contributed by atoms with E-state index in [1.54, 1.807) is 0 Å². The van der Waals surface area contributed by atoms with Crippen LogP contribution in [0.15, 0.2) is 84.9 Å². The van der Waals surface area contributed by atoms with Crippen molar-refractivity contribution in [3.05, 3.63) is 96.3 Å². The summed E-state index contributed by atoms with van der Waals surface area (Å²) in [5.41, 5.74) is 8.82. The summed E-state index contributed by atoms with van der Waals surface area (Å²) in [6.45, 7) is 10.4. The molecule has 0 fully saturated rings. The van der Waals surface area contributed by atoms with Crippen LogP contribution in [0.1, 0.15) is 39.1 Å². The minimum absolute atomic E-state index is 0. The Hall–Kier alpha value is -2.97. The number of anilines is 2. The van der Waals surface area contributed by atoms with Crippen molar-refractivity contribution in [3.63, 3.8) is 0 Å². The molecule has 4 aromatic rings. The van der Waals surface area contributed by atoms with E-state index in [0.717, 1.165) is 47.0 Å². The molecule has 3 heterocycles. The van der Waals surface area contributed by atoms with Gasteiger partial charge in [0.25, 0.3) is 0 Å². The Morgan fingerprint density at radius 2 is 0.943 bits per heavy atom. The smallest absolute Gasteiger partial charge is 0.363 e. The summed E-state index contributed by atoms with van der Waals surface area (Å²) in [6.07, 6.45) is 0. The first kappa shape index (κ1) is 25.1. The molecule has 0 unspecified atom stereocenters. The summed E-state index contributed by atoms with van der Waals surface area (Å²) < 4.78 is 0. The molecule has 4 nitrogen and oxygen atoms in total. The van der Waals surface area contributed by atoms with Gasteiger partial charge in [-0.1, -0.05) is 48.5 Å². The summed E-state index contributed by atoms with van der Waals surface area (Å²) in [5.74, 6) is 0. The Morgan fingerprint density at radius 3 is 1.34 bits per heavy atom. The SMILES string of the molecule is CC(C)N1Cc2cccc(n2)-c2ccccc2N(C(C)C)Cc2cccc(n2)-c2ccccc21.[Pt+2]. The third kappa shape index (κ3) is 5.18. The van der Waals surface area contributed by atoms with E-state index >= 15 is 0 Å². The Labute approximate surface area is 223 Å². The van der Waals surface area contributed by atoms with Crippen LogP contribution in [0, 0.1) is 0 Å². The molecule has 0 spiro atoms. The van der Waals surface area contributed by atoms with Gasteiger partial charge in [-0.05, 0) is 64.1 Å². The minimum atomic E-state index is 0. The van der Waals surface area contributed by atoms with Crippen molar-refractivity contribution in [2.24, 2.45) is 0 Å². The number of benzene rings is 2. The molecule has 0 radical (unpaired) electrons. The van der Waals surface area contributed by atoms with E-state index in [1.165, 1.54) is 11.4 Å². The van der Waals surface area contributed by atoms with Crippen molar-refractivity contribution in [3.8, 4) is 22.5 Å². The maximum absolute atomic E-state index is 5.15. The van der Waals surface area contributed by atoms with E-state index in [0.29, 0.717) is 12.1 Å². The molecule has 0 saturated heterocycles. The van der Waals surface area contributed by atoms with Crippen LogP contribution in [0.4, 0.5) is 11.4 Å². The van der Waals surface area contributed by atoms with Gasteiger partial charge in [-0.25, -0.2) is 0 Å². The quantitative estimate of drug-likeness (QED) is 0.237. The molecule has 180 valence electrons. The topological polar surface area (TPSA) is 32.3 Å². The molecule has 2 aromatic carbocycles. The fraction of sp³-hybridized carbons (Fsp3) is 0.267. The van der Waals surface area contributed by atoms with E-state index in [4.69, 9.17) is 9.97 Å². The molecule has 2 aromatic heterocycles. The van der Waals surface area contributed by atoms with Gasteiger partial charge in [0.15, 0.2) is 0 Å². The number of hydrogen-bond acceptors (Lipinski definition) is 4. The zero-order valence-electron chi connectivity index (χ0n) is 20.8. The first-order valence-corrected chi connectivity index (χ1v) is 12.1. The number of nitrogens with zero attached hydrogens (tertiary/aromatic N) is 4. The first-order valence-electron chi connectivity index (χ1n) is 12.1. The van der Waals surface area contributed by atoms with Gasteiger partial charge in [0, 0.05) is 34.6 Å². The Balaban J connectivity index is 0.00000289. The van der Waals surface area contributed by atoms with Gasteiger partial charge in [0.1, 0.15) is 0 Å². The Kier molecular flexibility index (Phi) is 7.72. The predicted octanol–water partition coefficient (Wildman–Crippen LogP) is 6.95. The Bertz CT molecular complexity index is 1200. The monoisotopic (exact) mass is 643 g/mol. The second-order valence-electron chi connectivity index (χ2n) is 9.51. The second kappa shape index (κ2) is 10.7. The van der Waals surface area contributed by atoms with Gasteiger partial charge >= 0.3 is 21.1 Å². The number of fused-ring (bicyclic) bond motifs is 8. The molecule has 5 rings (SSSR count). The number of rotatable bonds is 2. The molecule has 35 heavy (non-hydrogen) atoms. The first-order chi connectivity index (χ1) is 16.5. The van der Waals surface area contributed by atoms with Crippen LogP contribution >= 0.6 is 0 Å². The largest absolute Gasteiger partial charge is 2.00 e. The average molecular weight is 644 g/mol. The number of pyridine rings is 2. The second-order valence-corrected chi connectivity index (χ2v) is 9.51. The van der Waals surface area contributed by atoms with Gasteiger partial charge in [0.05, 0.1) is 35.9 Å². The molecule has 0 N–H and O–H groups in total. The zero-order chi connectivity index (χ0) is 23.7. The maximum Gasteiger partial charge on any atom is 2.00 e. The Morgan fingerprint density at radius 1 is 0.543 bits per heavy atom. The molecule has 1 aliphatic heterocycles. The van der Waals surface area contributed by atoms with Crippen molar-refractivity contribution in [2.75, 3.05) is 9.80 Å². The molecular weight excluding hydrogens is 611 g/mol. The van der Waals surface area contributed by atoms with E-state index in [9.17, 15) is 0 Å². The summed E-state index contributed by atoms with van der Waals surface area (Å²) in [7, 11) is 0. The fourth-order valence-electron chi connectivity index (χ4n) is 4.76. The predicted molar refractivity (Wildman–Crippen MR) is 142 cm³/mol. The number of aromatic nitrogens is 2. The maximum atomic E-state index is 5.15. The van der Waals surface area contributed by atoms with Crippen molar-refractivity contribution in [1.82, 2.24) is 9.97 Å². The summed E-state index contributed by atoms with van der Waals surface area (Å²) in [6, 6.07) is 30.6. The summed E-state index contributed by atoms with van der Waals surface area (Å²) in [4.78, 5) is 15.1. The molecule has 1 aliphatic rings. The van der Waals surface area contributed by atoms with E-state index < -0.39 is 0 Å². The average Bonchev–Trinajstić information content (AvgIpc) is 2.85. The van der Waals surface area contributed by atoms with Gasteiger partial charge < -0.3 is 9.80 Å². The zero-order valence-corrected chi connectivity index (χ0v) is 23.0. The van der Waals surface area contributed by atoms with E-state index in [2.05, 4.69) is 122 Å². The third-order valence-corrected chi connectivity index (χ3v) is 6.50. The van der Waals surface area contributed by atoms with Crippen molar-refractivity contribution >= 4 is 11.4 Å². The summed E-state index contributed by atoms with van der Waals surface area (Å²) in [5, 5.41) is 0. The van der Waals surface area contributed by atoms with Gasteiger partial charge in [-0.2, -0.15) is 0 Å².